The van der Waals surface area contributed by atoms with E-state index in [1.807, 2.05) is 22.2 Å². The van der Waals surface area contributed by atoms with Gasteiger partial charge in [-0.15, -0.1) is 11.3 Å². The standard InChI is InChI=1S/C19H13Cl2N3O4S2/c20-13-8-14(21)10-16(9-13)30(27,28)24(11-18(25)26)15-1-2-17-12(7-15)3-5-23(17)19-22-4-6-29-19/h1-10H,11H2,(H,25,26). The molecule has 0 spiro atoms. The third kappa shape index (κ3) is 3.89. The van der Waals surface area contributed by atoms with E-state index in [1.54, 1.807) is 24.4 Å². The fourth-order valence-electron chi connectivity index (χ4n) is 3.03. The largest absolute Gasteiger partial charge is 0.480 e. The molecule has 0 amide bonds. The van der Waals surface area contributed by atoms with Gasteiger partial charge in [-0.3, -0.25) is 13.7 Å². The highest BCUT2D eigenvalue weighted by molar-refractivity contribution is 7.92. The number of benzene rings is 2. The minimum absolute atomic E-state index is 0.132. The summed E-state index contributed by atoms with van der Waals surface area (Å²) in [7, 11) is -4.23. The molecule has 7 nitrogen and oxygen atoms in total. The minimum atomic E-state index is -4.23. The van der Waals surface area contributed by atoms with Crippen LogP contribution in [0.5, 0.6) is 0 Å². The van der Waals surface area contributed by atoms with Gasteiger partial charge in [-0.25, -0.2) is 13.4 Å². The molecule has 0 aliphatic rings. The molecular weight excluding hydrogens is 469 g/mol. The lowest BCUT2D eigenvalue weighted by Crippen LogP contribution is -2.35. The van der Waals surface area contributed by atoms with Crippen LogP contribution in [0.25, 0.3) is 16.0 Å². The Morgan fingerprint density at radius 2 is 1.87 bits per heavy atom. The summed E-state index contributed by atoms with van der Waals surface area (Å²) in [5.41, 5.74) is 1.02. The van der Waals surface area contributed by atoms with Crippen LogP contribution in [0.2, 0.25) is 10.0 Å². The quantitative estimate of drug-likeness (QED) is 0.431. The Bertz CT molecular complexity index is 1330. The van der Waals surface area contributed by atoms with Crippen molar-refractivity contribution in [2.75, 3.05) is 10.8 Å². The van der Waals surface area contributed by atoms with Crippen LogP contribution in [-0.2, 0) is 14.8 Å². The summed E-state index contributed by atoms with van der Waals surface area (Å²) in [6, 6.07) is 10.6. The van der Waals surface area contributed by atoms with Crippen molar-refractivity contribution in [1.82, 2.24) is 9.55 Å². The number of hydrogen-bond donors (Lipinski definition) is 1. The lowest BCUT2D eigenvalue weighted by molar-refractivity contribution is -0.135. The summed E-state index contributed by atoms with van der Waals surface area (Å²) in [5.74, 6) is -1.30. The Balaban J connectivity index is 1.82. The van der Waals surface area contributed by atoms with Crippen LogP contribution in [0, 0.1) is 0 Å². The fraction of sp³-hybridized carbons (Fsp3) is 0.0526. The number of carboxylic acid groups (broad SMARTS) is 1. The van der Waals surface area contributed by atoms with Crippen molar-refractivity contribution in [3.05, 3.63) is 70.3 Å². The van der Waals surface area contributed by atoms with Gasteiger partial charge in [0.1, 0.15) is 6.54 Å². The molecule has 0 unspecified atom stereocenters. The number of halogens is 2. The van der Waals surface area contributed by atoms with Crippen LogP contribution in [0.1, 0.15) is 0 Å². The summed E-state index contributed by atoms with van der Waals surface area (Å²) in [4.78, 5) is 15.5. The van der Waals surface area contributed by atoms with E-state index < -0.39 is 22.5 Å². The monoisotopic (exact) mass is 481 g/mol. The van der Waals surface area contributed by atoms with Crippen molar-refractivity contribution in [3.8, 4) is 5.13 Å². The van der Waals surface area contributed by atoms with Crippen LogP contribution >= 0.6 is 34.5 Å². The SMILES string of the molecule is O=C(O)CN(c1ccc2c(ccn2-c2nccs2)c1)S(=O)(=O)c1cc(Cl)cc(Cl)c1. The lowest BCUT2D eigenvalue weighted by Gasteiger charge is -2.23. The molecule has 0 saturated carbocycles. The van der Waals surface area contributed by atoms with Crippen molar-refractivity contribution < 1.29 is 18.3 Å². The molecule has 11 heteroatoms. The zero-order valence-corrected chi connectivity index (χ0v) is 18.2. The number of rotatable bonds is 6. The van der Waals surface area contributed by atoms with Gasteiger partial charge < -0.3 is 5.11 Å². The predicted molar refractivity (Wildman–Crippen MR) is 118 cm³/mol. The van der Waals surface area contributed by atoms with E-state index in [-0.39, 0.29) is 20.6 Å². The molecule has 2 heterocycles. The average Bonchev–Trinajstić information content (AvgIpc) is 3.34. The van der Waals surface area contributed by atoms with Gasteiger partial charge >= 0.3 is 5.97 Å². The van der Waals surface area contributed by atoms with Crippen LogP contribution in [0.15, 0.2) is 65.1 Å². The molecule has 2 aromatic heterocycles. The Hall–Kier alpha value is -2.59. The molecule has 0 atom stereocenters. The molecule has 0 aliphatic carbocycles. The second-order valence-corrected chi connectivity index (χ2v) is 9.86. The minimum Gasteiger partial charge on any atom is -0.480 e. The van der Waals surface area contributed by atoms with Crippen molar-refractivity contribution >= 4 is 67.1 Å². The topological polar surface area (TPSA) is 92.5 Å². The van der Waals surface area contributed by atoms with E-state index in [0.29, 0.717) is 0 Å². The number of carbonyl (C=O) groups is 1. The van der Waals surface area contributed by atoms with Gasteiger partial charge in [-0.2, -0.15) is 0 Å². The number of fused-ring (bicyclic) bond motifs is 1. The molecule has 0 saturated heterocycles. The maximum Gasteiger partial charge on any atom is 0.324 e. The van der Waals surface area contributed by atoms with Crippen molar-refractivity contribution in [3.63, 3.8) is 0 Å². The maximum atomic E-state index is 13.2. The van der Waals surface area contributed by atoms with Gasteiger partial charge in [-0.1, -0.05) is 23.2 Å². The van der Waals surface area contributed by atoms with E-state index >= 15 is 0 Å². The van der Waals surface area contributed by atoms with E-state index in [4.69, 9.17) is 23.2 Å². The zero-order chi connectivity index (χ0) is 21.5. The molecule has 154 valence electrons. The maximum absolute atomic E-state index is 13.2. The number of sulfonamides is 1. The van der Waals surface area contributed by atoms with Crippen LogP contribution in [-0.4, -0.2) is 35.6 Å². The number of hydrogen-bond acceptors (Lipinski definition) is 5. The van der Waals surface area contributed by atoms with Crippen molar-refractivity contribution in [2.24, 2.45) is 0 Å². The second-order valence-electron chi connectivity index (χ2n) is 6.25. The number of carboxylic acids is 1. The third-order valence-corrected chi connectivity index (χ3v) is 7.25. The molecule has 4 aromatic rings. The first-order valence-electron chi connectivity index (χ1n) is 8.47. The van der Waals surface area contributed by atoms with Crippen molar-refractivity contribution in [2.45, 2.75) is 4.90 Å². The first kappa shape index (κ1) is 20.7. The molecule has 0 bridgehead atoms. The van der Waals surface area contributed by atoms with E-state index in [1.165, 1.54) is 29.5 Å². The molecule has 30 heavy (non-hydrogen) atoms. The van der Waals surface area contributed by atoms with Crippen LogP contribution < -0.4 is 4.31 Å². The zero-order valence-electron chi connectivity index (χ0n) is 15.1. The van der Waals surface area contributed by atoms with Crippen LogP contribution in [0.3, 0.4) is 0 Å². The molecule has 0 radical (unpaired) electrons. The Morgan fingerprint density at radius 3 is 2.50 bits per heavy atom. The lowest BCUT2D eigenvalue weighted by atomic mass is 10.2. The summed E-state index contributed by atoms with van der Waals surface area (Å²) in [6.07, 6.45) is 3.51. The van der Waals surface area contributed by atoms with Gasteiger partial charge in [-0.05, 0) is 42.5 Å². The fourth-order valence-corrected chi connectivity index (χ4v) is 5.80. The first-order valence-corrected chi connectivity index (χ1v) is 11.5. The summed E-state index contributed by atoms with van der Waals surface area (Å²) >= 11 is 13.4. The Labute approximate surface area is 185 Å². The molecule has 0 aliphatic heterocycles. The number of aliphatic carboxylic acids is 1. The molecular formula is C19H13Cl2N3O4S2. The highest BCUT2D eigenvalue weighted by Gasteiger charge is 2.28. The molecule has 4 rings (SSSR count). The molecule has 0 fully saturated rings. The second kappa shape index (κ2) is 7.92. The van der Waals surface area contributed by atoms with Gasteiger partial charge in [0, 0.05) is 33.2 Å². The summed E-state index contributed by atoms with van der Waals surface area (Å²) in [5, 5.41) is 13.0. The normalized spacial score (nSPS) is 11.7. The number of thiazole rings is 1. The Kier molecular flexibility index (Phi) is 5.46. The molecule has 1 N–H and O–H groups in total. The Morgan fingerprint density at radius 1 is 1.13 bits per heavy atom. The number of anilines is 1. The van der Waals surface area contributed by atoms with E-state index in [0.717, 1.165) is 20.3 Å². The van der Waals surface area contributed by atoms with Gasteiger partial charge in [0.25, 0.3) is 10.0 Å². The van der Waals surface area contributed by atoms with Crippen LogP contribution in [0.4, 0.5) is 5.69 Å². The first-order chi connectivity index (χ1) is 14.3. The molecule has 2 aromatic carbocycles. The van der Waals surface area contributed by atoms with E-state index in [9.17, 15) is 18.3 Å². The van der Waals surface area contributed by atoms with Crippen molar-refractivity contribution in [1.29, 1.82) is 0 Å². The highest BCUT2D eigenvalue weighted by Crippen LogP contribution is 2.31. The van der Waals surface area contributed by atoms with Gasteiger partial charge in [0.15, 0.2) is 5.13 Å². The van der Waals surface area contributed by atoms with E-state index in [2.05, 4.69) is 4.98 Å². The highest BCUT2D eigenvalue weighted by atomic mass is 35.5. The number of nitrogens with zero attached hydrogens (tertiary/aromatic N) is 3. The summed E-state index contributed by atoms with van der Waals surface area (Å²) in [6.45, 7) is -0.759. The smallest absolute Gasteiger partial charge is 0.324 e. The average molecular weight is 482 g/mol. The summed E-state index contributed by atoms with van der Waals surface area (Å²) < 4.78 is 29.2. The van der Waals surface area contributed by atoms with Gasteiger partial charge in [0.05, 0.1) is 16.1 Å². The van der Waals surface area contributed by atoms with Gasteiger partial charge in [0.2, 0.25) is 0 Å². The third-order valence-electron chi connectivity index (χ3n) is 4.29. The number of aromatic nitrogens is 2. The predicted octanol–water partition coefficient (Wildman–Crippen LogP) is 4.67.